The van der Waals surface area contributed by atoms with E-state index in [1.807, 2.05) is 6.92 Å². The number of aliphatic hydroxyl groups excluding tert-OH is 1. The molecule has 1 aromatic heterocycles. The van der Waals surface area contributed by atoms with Gasteiger partial charge < -0.3 is 14.6 Å². The first-order valence-corrected chi connectivity index (χ1v) is 5.60. The summed E-state index contributed by atoms with van der Waals surface area (Å²) >= 11 is 0. The molecule has 1 rings (SSSR count). The van der Waals surface area contributed by atoms with E-state index >= 15 is 0 Å². The first-order chi connectivity index (χ1) is 7.74. The average molecular weight is 228 g/mol. The molecule has 0 amide bonds. The van der Waals surface area contributed by atoms with Crippen molar-refractivity contribution in [1.29, 1.82) is 0 Å². The minimum atomic E-state index is -0.691. The van der Waals surface area contributed by atoms with Gasteiger partial charge in [0.15, 0.2) is 5.75 Å². The molecule has 0 spiro atoms. The molecular weight excluding hydrogens is 208 g/mol. The number of aryl methyl sites for hydroxylation is 1. The maximum atomic E-state index is 9.99. The Bertz CT molecular complexity index is 312. The molecule has 0 radical (unpaired) electrons. The highest BCUT2D eigenvalue weighted by Crippen LogP contribution is 2.25. The van der Waals surface area contributed by atoms with Crippen molar-refractivity contribution in [2.75, 3.05) is 20.3 Å². The van der Waals surface area contributed by atoms with Crippen molar-refractivity contribution in [2.45, 2.75) is 32.9 Å². The molecule has 1 aromatic rings. The van der Waals surface area contributed by atoms with Crippen LogP contribution in [0.15, 0.2) is 6.20 Å². The zero-order valence-electron chi connectivity index (χ0n) is 10.1. The summed E-state index contributed by atoms with van der Waals surface area (Å²) in [5, 5.41) is 14.2. The molecule has 0 aliphatic rings. The third kappa shape index (κ3) is 2.96. The fourth-order valence-electron chi connectivity index (χ4n) is 1.57. The monoisotopic (exact) mass is 228 g/mol. The lowest BCUT2D eigenvalue weighted by Crippen LogP contribution is -2.14. The lowest BCUT2D eigenvalue weighted by Gasteiger charge is -2.14. The van der Waals surface area contributed by atoms with Crippen LogP contribution in [0.3, 0.4) is 0 Å². The molecule has 5 heteroatoms. The van der Waals surface area contributed by atoms with E-state index in [0.717, 1.165) is 13.0 Å². The molecule has 1 unspecified atom stereocenters. The van der Waals surface area contributed by atoms with Crippen molar-refractivity contribution in [3.8, 4) is 5.75 Å². The Balaban J connectivity index is 2.84. The van der Waals surface area contributed by atoms with Gasteiger partial charge >= 0.3 is 0 Å². The Kier molecular flexibility index (Phi) is 5.28. The van der Waals surface area contributed by atoms with E-state index in [1.165, 1.54) is 0 Å². The zero-order valence-corrected chi connectivity index (χ0v) is 10.1. The van der Waals surface area contributed by atoms with Gasteiger partial charge in [0.2, 0.25) is 0 Å². The summed E-state index contributed by atoms with van der Waals surface area (Å²) in [5.74, 6) is 0.612. The van der Waals surface area contributed by atoms with E-state index in [4.69, 9.17) is 9.47 Å². The number of aliphatic hydroxyl groups is 1. The van der Waals surface area contributed by atoms with E-state index in [-0.39, 0.29) is 6.61 Å². The Morgan fingerprint density at radius 1 is 1.50 bits per heavy atom. The molecule has 0 aromatic carbocycles. The lowest BCUT2D eigenvalue weighted by molar-refractivity contribution is 0.0358. The normalized spacial score (nSPS) is 12.8. The van der Waals surface area contributed by atoms with Crippen LogP contribution >= 0.6 is 0 Å². The molecule has 0 bridgehead atoms. The van der Waals surface area contributed by atoms with Gasteiger partial charge in [-0.3, -0.25) is 4.68 Å². The second kappa shape index (κ2) is 6.50. The summed E-state index contributed by atoms with van der Waals surface area (Å²) < 4.78 is 12.1. The fraction of sp³-hybridized carbons (Fsp3) is 0.727. The minimum Gasteiger partial charge on any atom is -0.493 e. The molecule has 1 N–H and O–H groups in total. The van der Waals surface area contributed by atoms with Crippen molar-refractivity contribution < 1.29 is 14.6 Å². The Hall–Kier alpha value is -1.07. The SMILES string of the molecule is CCCn1ncc(OC)c1C(O)COCC. The quantitative estimate of drug-likeness (QED) is 0.765. The molecule has 0 fully saturated rings. The minimum absolute atomic E-state index is 0.266. The first-order valence-electron chi connectivity index (χ1n) is 5.60. The molecule has 1 heterocycles. The van der Waals surface area contributed by atoms with Crippen molar-refractivity contribution in [2.24, 2.45) is 0 Å². The third-order valence-electron chi connectivity index (χ3n) is 2.30. The number of aromatic nitrogens is 2. The van der Waals surface area contributed by atoms with Crippen LogP contribution < -0.4 is 4.74 Å². The molecule has 0 saturated carbocycles. The topological polar surface area (TPSA) is 56.5 Å². The van der Waals surface area contributed by atoms with Crippen molar-refractivity contribution >= 4 is 0 Å². The van der Waals surface area contributed by atoms with Crippen molar-refractivity contribution in [3.05, 3.63) is 11.9 Å². The van der Waals surface area contributed by atoms with Gasteiger partial charge in [-0.1, -0.05) is 6.92 Å². The predicted molar refractivity (Wildman–Crippen MR) is 60.5 cm³/mol. The van der Waals surface area contributed by atoms with Gasteiger partial charge in [-0.05, 0) is 13.3 Å². The maximum absolute atomic E-state index is 9.99. The van der Waals surface area contributed by atoms with Crippen molar-refractivity contribution in [1.82, 2.24) is 9.78 Å². The summed E-state index contributed by atoms with van der Waals surface area (Å²) in [7, 11) is 1.57. The van der Waals surface area contributed by atoms with Crippen molar-refractivity contribution in [3.63, 3.8) is 0 Å². The number of hydrogen-bond acceptors (Lipinski definition) is 4. The van der Waals surface area contributed by atoms with Crippen LogP contribution in [0, 0.1) is 0 Å². The second-order valence-electron chi connectivity index (χ2n) is 3.50. The van der Waals surface area contributed by atoms with E-state index in [2.05, 4.69) is 12.0 Å². The average Bonchev–Trinajstić information content (AvgIpc) is 2.69. The van der Waals surface area contributed by atoms with Crippen LogP contribution in [0.5, 0.6) is 5.75 Å². The van der Waals surface area contributed by atoms with E-state index < -0.39 is 6.10 Å². The molecular formula is C11H20N2O3. The summed E-state index contributed by atoms with van der Waals surface area (Å²) in [5.41, 5.74) is 0.692. The summed E-state index contributed by atoms with van der Waals surface area (Å²) in [4.78, 5) is 0. The van der Waals surface area contributed by atoms with Gasteiger partial charge in [0.05, 0.1) is 19.9 Å². The number of methoxy groups -OCH3 is 1. The molecule has 92 valence electrons. The Morgan fingerprint density at radius 3 is 2.81 bits per heavy atom. The summed E-state index contributed by atoms with van der Waals surface area (Å²) in [6, 6.07) is 0. The van der Waals surface area contributed by atoms with Crippen LogP contribution in [0.4, 0.5) is 0 Å². The van der Waals surface area contributed by atoms with Crippen LogP contribution in [0.25, 0.3) is 0 Å². The lowest BCUT2D eigenvalue weighted by atomic mass is 10.2. The smallest absolute Gasteiger partial charge is 0.162 e. The largest absolute Gasteiger partial charge is 0.493 e. The van der Waals surface area contributed by atoms with Gasteiger partial charge in [0, 0.05) is 13.2 Å². The molecule has 1 atom stereocenters. The number of ether oxygens (including phenoxy) is 2. The molecule has 0 saturated heterocycles. The van der Waals surface area contributed by atoms with Gasteiger partial charge in [0.25, 0.3) is 0 Å². The molecule has 0 aliphatic carbocycles. The maximum Gasteiger partial charge on any atom is 0.162 e. The molecule has 16 heavy (non-hydrogen) atoms. The standard InChI is InChI=1S/C11H20N2O3/c1-4-6-13-11(9(14)8-16-5-2)10(15-3)7-12-13/h7,9,14H,4-6,8H2,1-3H3. The zero-order chi connectivity index (χ0) is 12.0. The first kappa shape index (κ1) is 13.0. The van der Waals surface area contributed by atoms with Crippen LogP contribution in [0.1, 0.15) is 32.1 Å². The molecule has 0 aliphatic heterocycles. The van der Waals surface area contributed by atoms with Gasteiger partial charge in [-0.25, -0.2) is 0 Å². The van der Waals surface area contributed by atoms with Gasteiger partial charge in [-0.15, -0.1) is 0 Å². The highest BCUT2D eigenvalue weighted by atomic mass is 16.5. The second-order valence-corrected chi connectivity index (χ2v) is 3.50. The summed E-state index contributed by atoms with van der Waals surface area (Å²) in [6.07, 6.45) is 1.89. The molecule has 5 nitrogen and oxygen atoms in total. The number of hydrogen-bond donors (Lipinski definition) is 1. The van der Waals surface area contributed by atoms with Gasteiger partial charge in [0.1, 0.15) is 11.8 Å². The predicted octanol–water partition coefficient (Wildman–Crippen LogP) is 1.37. The summed E-state index contributed by atoms with van der Waals surface area (Å²) in [6.45, 7) is 5.57. The number of rotatable bonds is 7. The van der Waals surface area contributed by atoms with Crippen LogP contribution in [-0.2, 0) is 11.3 Å². The fourth-order valence-corrected chi connectivity index (χ4v) is 1.57. The van der Waals surface area contributed by atoms with Gasteiger partial charge in [-0.2, -0.15) is 5.10 Å². The highest BCUT2D eigenvalue weighted by Gasteiger charge is 2.19. The highest BCUT2D eigenvalue weighted by molar-refractivity contribution is 5.27. The van der Waals surface area contributed by atoms with E-state index in [9.17, 15) is 5.11 Å². The van der Waals surface area contributed by atoms with E-state index in [0.29, 0.717) is 18.1 Å². The van der Waals surface area contributed by atoms with Crippen LogP contribution in [-0.4, -0.2) is 35.2 Å². The Morgan fingerprint density at radius 2 is 2.25 bits per heavy atom. The van der Waals surface area contributed by atoms with Crippen LogP contribution in [0.2, 0.25) is 0 Å². The van der Waals surface area contributed by atoms with E-state index in [1.54, 1.807) is 18.0 Å². The Labute approximate surface area is 96.0 Å². The third-order valence-corrected chi connectivity index (χ3v) is 2.30. The number of nitrogens with zero attached hydrogens (tertiary/aromatic N) is 2.